The molecule has 6 nitrogen and oxygen atoms in total. The maximum Gasteiger partial charge on any atom is 0.256 e. The van der Waals surface area contributed by atoms with Gasteiger partial charge in [-0.15, -0.1) is 0 Å². The van der Waals surface area contributed by atoms with Crippen molar-refractivity contribution >= 4 is 16.8 Å². The lowest BCUT2D eigenvalue weighted by Gasteiger charge is -2.31. The van der Waals surface area contributed by atoms with Crippen LogP contribution in [-0.4, -0.2) is 39.0 Å². The predicted octanol–water partition coefficient (Wildman–Crippen LogP) is 3.69. The number of carbonyl (C=O) groups excluding carboxylic acids is 1. The molecule has 1 N–H and O–H groups in total. The molecule has 25 heavy (non-hydrogen) atoms. The van der Waals surface area contributed by atoms with Crippen molar-refractivity contribution in [2.45, 2.75) is 38.5 Å². The zero-order valence-corrected chi connectivity index (χ0v) is 14.5. The third-order valence-corrected chi connectivity index (χ3v) is 4.84. The summed E-state index contributed by atoms with van der Waals surface area (Å²) in [5.41, 5.74) is 1.62. The van der Waals surface area contributed by atoms with Crippen molar-refractivity contribution in [3.05, 3.63) is 47.7 Å². The molecule has 1 aliphatic rings. The molecular weight excluding hydrogens is 316 g/mol. The summed E-state index contributed by atoms with van der Waals surface area (Å²) in [6.07, 6.45) is 3.80. The first-order chi connectivity index (χ1) is 12.1. The van der Waals surface area contributed by atoms with Gasteiger partial charge in [0.2, 0.25) is 5.89 Å². The van der Waals surface area contributed by atoms with Gasteiger partial charge < -0.3 is 14.4 Å². The first kappa shape index (κ1) is 15.9. The molecule has 130 valence electrons. The molecule has 0 radical (unpaired) electrons. The van der Waals surface area contributed by atoms with E-state index in [-0.39, 0.29) is 17.7 Å². The van der Waals surface area contributed by atoms with Crippen LogP contribution in [0, 0.1) is 0 Å². The number of amides is 1. The third kappa shape index (κ3) is 2.92. The average Bonchev–Trinajstić information content (AvgIpc) is 3.30. The van der Waals surface area contributed by atoms with E-state index in [0.29, 0.717) is 12.4 Å². The van der Waals surface area contributed by atoms with Gasteiger partial charge in [-0.3, -0.25) is 4.79 Å². The van der Waals surface area contributed by atoms with Crippen molar-refractivity contribution < 1.29 is 9.32 Å². The number of rotatable bonds is 3. The highest BCUT2D eigenvalue weighted by atomic mass is 16.5. The number of hydrogen-bond donors (Lipinski definition) is 1. The van der Waals surface area contributed by atoms with Gasteiger partial charge in [0.1, 0.15) is 0 Å². The van der Waals surface area contributed by atoms with Gasteiger partial charge in [0.25, 0.3) is 5.91 Å². The van der Waals surface area contributed by atoms with Gasteiger partial charge in [0.05, 0.1) is 11.1 Å². The summed E-state index contributed by atoms with van der Waals surface area (Å²) in [6.45, 7) is 5.46. The van der Waals surface area contributed by atoms with Crippen LogP contribution in [0.3, 0.4) is 0 Å². The van der Waals surface area contributed by atoms with Crippen LogP contribution in [0.2, 0.25) is 0 Å². The number of hydrogen-bond acceptors (Lipinski definition) is 4. The summed E-state index contributed by atoms with van der Waals surface area (Å²) in [7, 11) is 0. The molecule has 0 aliphatic carbocycles. The molecule has 1 aliphatic heterocycles. The number of piperidine rings is 1. The largest absolute Gasteiger partial charge is 0.361 e. The number of nitrogens with zero attached hydrogens (tertiary/aromatic N) is 3. The van der Waals surface area contributed by atoms with Crippen LogP contribution >= 0.6 is 0 Å². The number of H-pyrrole nitrogens is 1. The van der Waals surface area contributed by atoms with Crippen molar-refractivity contribution in [3.63, 3.8) is 0 Å². The second-order valence-corrected chi connectivity index (χ2v) is 6.98. The normalized spacial score (nSPS) is 18.2. The highest BCUT2D eigenvalue weighted by Gasteiger charge is 2.29. The Labute approximate surface area is 146 Å². The Morgan fingerprint density at radius 2 is 2.24 bits per heavy atom. The second-order valence-electron chi connectivity index (χ2n) is 6.98. The number of para-hydroxylation sites is 1. The van der Waals surface area contributed by atoms with Gasteiger partial charge in [-0.1, -0.05) is 31.1 Å². The summed E-state index contributed by atoms with van der Waals surface area (Å²) in [6, 6.07) is 7.81. The molecule has 0 unspecified atom stereocenters. The summed E-state index contributed by atoms with van der Waals surface area (Å²) in [5.74, 6) is 1.80. The minimum Gasteiger partial charge on any atom is -0.361 e. The first-order valence-corrected chi connectivity index (χ1v) is 8.82. The lowest BCUT2D eigenvalue weighted by Crippen LogP contribution is -2.39. The zero-order chi connectivity index (χ0) is 17.4. The van der Waals surface area contributed by atoms with Gasteiger partial charge in [-0.2, -0.15) is 4.98 Å². The van der Waals surface area contributed by atoms with E-state index >= 15 is 0 Å². The van der Waals surface area contributed by atoms with Crippen molar-refractivity contribution in [1.82, 2.24) is 20.0 Å². The summed E-state index contributed by atoms with van der Waals surface area (Å²) in [5, 5.41) is 5.19. The number of benzene rings is 1. The van der Waals surface area contributed by atoms with Crippen LogP contribution in [-0.2, 0) is 0 Å². The lowest BCUT2D eigenvalue weighted by molar-refractivity contribution is 0.0705. The molecule has 1 aromatic carbocycles. The number of carbonyl (C=O) groups is 1. The smallest absolute Gasteiger partial charge is 0.256 e. The highest BCUT2D eigenvalue weighted by molar-refractivity contribution is 6.05. The molecule has 3 heterocycles. The van der Waals surface area contributed by atoms with Crippen molar-refractivity contribution in [2.24, 2.45) is 0 Å². The van der Waals surface area contributed by atoms with E-state index in [1.165, 1.54) is 0 Å². The highest BCUT2D eigenvalue weighted by Crippen LogP contribution is 2.28. The fraction of sp³-hybridized carbons (Fsp3) is 0.421. The Balaban J connectivity index is 1.56. The van der Waals surface area contributed by atoms with E-state index < -0.39 is 0 Å². The number of fused-ring (bicyclic) bond motifs is 1. The molecule has 0 bridgehead atoms. The Hall–Kier alpha value is -2.63. The number of aromatic nitrogens is 3. The topological polar surface area (TPSA) is 75.0 Å². The SMILES string of the molecule is CC(C)c1nc([C@H]2CCCN(C(=O)c3cccc4cc[nH]c34)C2)no1. The molecule has 3 aromatic rings. The van der Waals surface area contributed by atoms with Gasteiger partial charge >= 0.3 is 0 Å². The average molecular weight is 338 g/mol. The lowest BCUT2D eigenvalue weighted by atomic mass is 9.96. The summed E-state index contributed by atoms with van der Waals surface area (Å²) in [4.78, 5) is 22.7. The fourth-order valence-corrected chi connectivity index (χ4v) is 3.45. The van der Waals surface area contributed by atoms with Crippen LogP contribution in [0.1, 0.15) is 60.6 Å². The van der Waals surface area contributed by atoms with E-state index in [4.69, 9.17) is 4.52 Å². The monoisotopic (exact) mass is 338 g/mol. The van der Waals surface area contributed by atoms with E-state index in [0.717, 1.165) is 41.7 Å². The minimum absolute atomic E-state index is 0.0605. The summed E-state index contributed by atoms with van der Waals surface area (Å²) < 4.78 is 5.34. The van der Waals surface area contributed by atoms with E-state index in [2.05, 4.69) is 15.1 Å². The van der Waals surface area contributed by atoms with Crippen LogP contribution < -0.4 is 0 Å². The fourth-order valence-electron chi connectivity index (χ4n) is 3.45. The minimum atomic E-state index is 0.0605. The van der Waals surface area contributed by atoms with Crippen molar-refractivity contribution in [2.75, 3.05) is 13.1 Å². The molecule has 1 atom stereocenters. The third-order valence-electron chi connectivity index (χ3n) is 4.84. The maximum atomic E-state index is 13.0. The Morgan fingerprint density at radius 3 is 3.04 bits per heavy atom. The van der Waals surface area contributed by atoms with Gasteiger partial charge in [0, 0.05) is 36.5 Å². The summed E-state index contributed by atoms with van der Waals surface area (Å²) >= 11 is 0. The standard InChI is InChI=1S/C19H22N4O2/c1-12(2)18-21-17(22-25-18)14-6-4-10-23(11-14)19(24)15-7-3-5-13-8-9-20-16(13)15/h3,5,7-9,12,14,20H,4,6,10-11H2,1-2H3/t14-/m0/s1. The van der Waals surface area contributed by atoms with Crippen molar-refractivity contribution in [3.8, 4) is 0 Å². The molecule has 2 aromatic heterocycles. The van der Waals surface area contributed by atoms with Crippen LogP contribution in [0.25, 0.3) is 10.9 Å². The predicted molar refractivity (Wildman–Crippen MR) is 94.6 cm³/mol. The molecule has 0 spiro atoms. The second kappa shape index (κ2) is 6.35. The van der Waals surface area contributed by atoms with Crippen LogP contribution in [0.4, 0.5) is 0 Å². The van der Waals surface area contributed by atoms with Gasteiger partial charge in [-0.25, -0.2) is 0 Å². The molecular formula is C19H22N4O2. The number of likely N-dealkylation sites (tertiary alicyclic amines) is 1. The van der Waals surface area contributed by atoms with Gasteiger partial charge in [-0.05, 0) is 25.0 Å². The molecule has 1 saturated heterocycles. The van der Waals surface area contributed by atoms with Crippen molar-refractivity contribution in [1.29, 1.82) is 0 Å². The Morgan fingerprint density at radius 1 is 1.36 bits per heavy atom. The molecule has 1 amide bonds. The van der Waals surface area contributed by atoms with E-state index in [1.807, 2.05) is 49.2 Å². The van der Waals surface area contributed by atoms with Gasteiger partial charge in [0.15, 0.2) is 5.82 Å². The quantitative estimate of drug-likeness (QED) is 0.790. The van der Waals surface area contributed by atoms with E-state index in [1.54, 1.807) is 0 Å². The Bertz CT molecular complexity index is 896. The van der Waals surface area contributed by atoms with Crippen LogP contribution in [0.15, 0.2) is 35.0 Å². The van der Waals surface area contributed by atoms with Crippen LogP contribution in [0.5, 0.6) is 0 Å². The molecule has 1 fully saturated rings. The zero-order valence-electron chi connectivity index (χ0n) is 14.5. The molecule has 0 saturated carbocycles. The number of aromatic amines is 1. The molecule has 4 rings (SSSR count). The molecule has 6 heteroatoms. The maximum absolute atomic E-state index is 13.0. The Kier molecular flexibility index (Phi) is 4.03. The number of nitrogens with one attached hydrogen (secondary N) is 1. The first-order valence-electron chi connectivity index (χ1n) is 8.82. The van der Waals surface area contributed by atoms with E-state index in [9.17, 15) is 4.79 Å².